The first-order chi connectivity index (χ1) is 20.5. The van der Waals surface area contributed by atoms with Gasteiger partial charge in [-0.05, 0) is 64.0 Å². The Kier molecular flexibility index (Phi) is 14.3. The average Bonchev–Trinajstić information content (AvgIpc) is 3.42. The molecule has 2 amide bonds. The van der Waals surface area contributed by atoms with Crippen LogP contribution in [-0.4, -0.2) is 63.1 Å². The van der Waals surface area contributed by atoms with E-state index in [2.05, 4.69) is 10.2 Å². The molecule has 4 rings (SSSR count). The Morgan fingerprint density at radius 2 is 1.74 bits per heavy atom. The van der Waals surface area contributed by atoms with Crippen molar-refractivity contribution >= 4 is 30.1 Å². The van der Waals surface area contributed by atoms with Gasteiger partial charge in [0.25, 0.3) is 5.56 Å². The van der Waals surface area contributed by atoms with E-state index in [1.165, 1.54) is 17.6 Å². The molecule has 0 bridgehead atoms. The number of aryl methyl sites for hydroxylation is 2. The second-order valence-electron chi connectivity index (χ2n) is 10.3. The summed E-state index contributed by atoms with van der Waals surface area (Å²) >= 11 is 5.61. The number of likely N-dealkylation sites (N-methyl/N-ethyl adjacent to an activating group) is 1. The van der Waals surface area contributed by atoms with Crippen LogP contribution in [-0.2, 0) is 9.59 Å². The minimum Gasteiger partial charge on any atom is -0.497 e. The Morgan fingerprint density at radius 1 is 1.14 bits per heavy atom. The van der Waals surface area contributed by atoms with Crippen molar-refractivity contribution in [3.8, 4) is 5.75 Å². The van der Waals surface area contributed by atoms with Gasteiger partial charge in [-0.1, -0.05) is 36.2 Å². The lowest BCUT2D eigenvalue weighted by molar-refractivity contribution is -0.109. The SMILES string of the molecule is CCC(CN(C=O)c1c(C)ccn(C2CCN(C)C2)c1=O)c1c(F)cc(OC)cc1F.CNC=O.Cc1ccc(Cl)cc1. The molecule has 2 unspecified atom stereocenters. The third-order valence-corrected chi connectivity index (χ3v) is 7.46. The van der Waals surface area contributed by atoms with Crippen LogP contribution in [0.4, 0.5) is 14.5 Å². The summed E-state index contributed by atoms with van der Waals surface area (Å²) in [5, 5.41) is 3.05. The van der Waals surface area contributed by atoms with Crippen LogP contribution < -0.4 is 20.5 Å². The number of carbonyl (C=O) groups excluding carboxylic acids is 2. The first kappa shape index (κ1) is 35.4. The van der Waals surface area contributed by atoms with E-state index >= 15 is 0 Å². The number of hydrogen-bond acceptors (Lipinski definition) is 5. The Morgan fingerprint density at radius 3 is 2.19 bits per heavy atom. The molecule has 1 aromatic heterocycles. The third kappa shape index (κ3) is 9.90. The number of pyridine rings is 1. The van der Waals surface area contributed by atoms with Gasteiger partial charge >= 0.3 is 0 Å². The van der Waals surface area contributed by atoms with E-state index in [4.69, 9.17) is 21.1 Å². The summed E-state index contributed by atoms with van der Waals surface area (Å²) in [6.45, 7) is 7.23. The number of carbonyl (C=O) groups is 2. The lowest BCUT2D eigenvalue weighted by Gasteiger charge is -2.26. The molecule has 1 fully saturated rings. The molecule has 1 aliphatic rings. The van der Waals surface area contributed by atoms with Gasteiger partial charge in [-0.3, -0.25) is 14.4 Å². The molecule has 0 spiro atoms. The lowest BCUT2D eigenvalue weighted by Crippen LogP contribution is -2.36. The maximum absolute atomic E-state index is 14.7. The number of aromatic nitrogens is 1. The molecular weight excluding hydrogens is 578 g/mol. The number of amides is 2. The summed E-state index contributed by atoms with van der Waals surface area (Å²) in [7, 11) is 4.90. The number of anilines is 1. The number of methoxy groups -OCH3 is 1. The number of benzene rings is 2. The molecule has 234 valence electrons. The van der Waals surface area contributed by atoms with Crippen LogP contribution in [0.25, 0.3) is 0 Å². The van der Waals surface area contributed by atoms with E-state index < -0.39 is 17.6 Å². The summed E-state index contributed by atoms with van der Waals surface area (Å²) in [4.78, 5) is 37.8. The maximum Gasteiger partial charge on any atom is 0.275 e. The summed E-state index contributed by atoms with van der Waals surface area (Å²) in [5.74, 6) is -2.00. The van der Waals surface area contributed by atoms with Crippen LogP contribution in [0.15, 0.2) is 53.5 Å². The molecule has 0 aliphatic carbocycles. The smallest absolute Gasteiger partial charge is 0.275 e. The normalized spacial score (nSPS) is 14.9. The fourth-order valence-corrected chi connectivity index (χ4v) is 4.98. The Balaban J connectivity index is 0.000000448. The van der Waals surface area contributed by atoms with Gasteiger partial charge in [0, 0.05) is 55.0 Å². The molecule has 1 aliphatic heterocycles. The average molecular weight is 619 g/mol. The molecule has 43 heavy (non-hydrogen) atoms. The minimum absolute atomic E-state index is 0.00910. The van der Waals surface area contributed by atoms with Crippen molar-refractivity contribution in [3.63, 3.8) is 0 Å². The largest absolute Gasteiger partial charge is 0.497 e. The van der Waals surface area contributed by atoms with Gasteiger partial charge in [-0.15, -0.1) is 0 Å². The van der Waals surface area contributed by atoms with Crippen molar-refractivity contribution in [1.82, 2.24) is 14.8 Å². The Bertz CT molecular complexity index is 1360. The monoisotopic (exact) mass is 618 g/mol. The van der Waals surface area contributed by atoms with Gasteiger partial charge in [0.15, 0.2) is 0 Å². The van der Waals surface area contributed by atoms with E-state index in [9.17, 15) is 18.4 Å². The Hall–Kier alpha value is -3.76. The fraction of sp³-hybridized carbons (Fsp3) is 0.406. The minimum atomic E-state index is -0.731. The number of hydrogen-bond donors (Lipinski definition) is 1. The van der Waals surface area contributed by atoms with E-state index in [1.54, 1.807) is 37.7 Å². The topological polar surface area (TPSA) is 83.9 Å². The molecule has 2 atom stereocenters. The number of halogens is 3. The van der Waals surface area contributed by atoms with Crippen molar-refractivity contribution in [2.75, 3.05) is 45.7 Å². The zero-order valence-corrected chi connectivity index (χ0v) is 26.3. The van der Waals surface area contributed by atoms with Crippen molar-refractivity contribution in [2.24, 2.45) is 0 Å². The summed E-state index contributed by atoms with van der Waals surface area (Å²) in [6.07, 6.45) is 4.18. The van der Waals surface area contributed by atoms with Crippen molar-refractivity contribution in [3.05, 3.63) is 92.4 Å². The van der Waals surface area contributed by atoms with Crippen LogP contribution in [0.3, 0.4) is 0 Å². The lowest BCUT2D eigenvalue weighted by atomic mass is 9.94. The Labute approximate surface area is 257 Å². The molecule has 8 nitrogen and oxygen atoms in total. The highest BCUT2D eigenvalue weighted by Gasteiger charge is 2.27. The van der Waals surface area contributed by atoms with Crippen LogP contribution in [0.1, 0.15) is 48.4 Å². The molecule has 3 aromatic rings. The highest BCUT2D eigenvalue weighted by atomic mass is 35.5. The molecule has 2 aromatic carbocycles. The highest BCUT2D eigenvalue weighted by Crippen LogP contribution is 2.31. The second kappa shape index (κ2) is 17.4. The zero-order valence-electron chi connectivity index (χ0n) is 25.6. The standard InChI is InChI=1S/C23H29F2N3O3.C7H7Cl.C2H5NO/c1-5-16(21-19(24)10-18(31-4)11-20(21)25)12-27(14-29)22-15(2)6-9-28(23(22)30)17-7-8-26(3)13-17;1-6-2-4-7(8)5-3-6;1-3-2-4/h6,9-11,14,16-17H,5,7-8,12-13H2,1-4H3;2-5H,1H3;2H,1H3,(H,3,4). The van der Waals surface area contributed by atoms with Crippen molar-refractivity contribution < 1.29 is 23.1 Å². The van der Waals surface area contributed by atoms with Gasteiger partial charge in [0.05, 0.1) is 13.2 Å². The van der Waals surface area contributed by atoms with Crippen molar-refractivity contribution in [1.29, 1.82) is 0 Å². The summed E-state index contributed by atoms with van der Waals surface area (Å²) in [6, 6.07) is 11.8. The predicted molar refractivity (Wildman–Crippen MR) is 167 cm³/mol. The summed E-state index contributed by atoms with van der Waals surface area (Å²) < 4.78 is 35.9. The van der Waals surface area contributed by atoms with Gasteiger partial charge in [0.2, 0.25) is 12.8 Å². The zero-order chi connectivity index (χ0) is 32.1. The molecule has 11 heteroatoms. The quantitative estimate of drug-likeness (QED) is 0.321. The summed E-state index contributed by atoms with van der Waals surface area (Å²) in [5.41, 5.74) is 1.76. The van der Waals surface area contributed by atoms with E-state index in [0.29, 0.717) is 24.8 Å². The number of likely N-dealkylation sites (tertiary alicyclic amines) is 1. The fourth-order valence-electron chi connectivity index (χ4n) is 4.86. The van der Waals surface area contributed by atoms with Crippen molar-refractivity contribution in [2.45, 2.75) is 45.6 Å². The molecule has 1 N–H and O–H groups in total. The van der Waals surface area contributed by atoms with Crippen LogP contribution in [0, 0.1) is 25.5 Å². The van der Waals surface area contributed by atoms with Crippen LogP contribution in [0.2, 0.25) is 5.02 Å². The number of ether oxygens (including phenoxy) is 1. The molecule has 0 saturated carbocycles. The van der Waals surface area contributed by atoms with E-state index in [-0.39, 0.29) is 35.1 Å². The third-order valence-electron chi connectivity index (χ3n) is 7.21. The molecule has 0 radical (unpaired) electrons. The first-order valence-corrected chi connectivity index (χ1v) is 14.4. The second-order valence-corrected chi connectivity index (χ2v) is 10.8. The number of nitrogens with zero attached hydrogens (tertiary/aromatic N) is 3. The van der Waals surface area contributed by atoms with Gasteiger partial charge in [-0.25, -0.2) is 8.78 Å². The molecular formula is C32H41ClF2N4O4. The maximum atomic E-state index is 14.7. The van der Waals surface area contributed by atoms with Crippen LogP contribution >= 0.6 is 11.6 Å². The van der Waals surface area contributed by atoms with Gasteiger partial charge < -0.3 is 24.4 Å². The first-order valence-electron chi connectivity index (χ1n) is 14.0. The number of nitrogens with one attached hydrogen (secondary N) is 1. The van der Waals surface area contributed by atoms with Crippen LogP contribution in [0.5, 0.6) is 5.75 Å². The van der Waals surface area contributed by atoms with E-state index in [1.807, 2.05) is 38.2 Å². The molecule has 1 saturated heterocycles. The predicted octanol–water partition coefficient (Wildman–Crippen LogP) is 5.49. The highest BCUT2D eigenvalue weighted by molar-refractivity contribution is 6.30. The van der Waals surface area contributed by atoms with Gasteiger partial charge in [-0.2, -0.15) is 0 Å². The van der Waals surface area contributed by atoms with E-state index in [0.717, 1.165) is 36.7 Å². The van der Waals surface area contributed by atoms with Gasteiger partial charge in [0.1, 0.15) is 23.1 Å². The molecule has 2 heterocycles. The number of rotatable bonds is 9.